The molecular weight excluding hydrogens is 326 g/mol. The van der Waals surface area contributed by atoms with Crippen molar-refractivity contribution in [3.63, 3.8) is 0 Å². The van der Waals surface area contributed by atoms with E-state index >= 15 is 0 Å². The number of Topliss-reactive ketones (excluding diaryl/α,β-unsaturated/α-hetero) is 1. The summed E-state index contributed by atoms with van der Waals surface area (Å²) < 4.78 is 4.72. The number of hydroxylamine groups is 2. The van der Waals surface area contributed by atoms with Crippen LogP contribution in [0.1, 0.15) is 60.8 Å². The van der Waals surface area contributed by atoms with Gasteiger partial charge in [0.25, 0.3) is 0 Å². The summed E-state index contributed by atoms with van der Waals surface area (Å²) in [5.74, 6) is -2.99. The van der Waals surface area contributed by atoms with Crippen LogP contribution in [0.15, 0.2) is 12.3 Å². The molecule has 0 spiro atoms. The van der Waals surface area contributed by atoms with Gasteiger partial charge in [0.1, 0.15) is 5.78 Å². The normalized spacial score (nSPS) is 31.4. The largest absolute Gasteiger partial charge is 0.475 e. The van der Waals surface area contributed by atoms with Gasteiger partial charge in [0.15, 0.2) is 6.10 Å². The quantitative estimate of drug-likeness (QED) is 0.426. The molecule has 0 radical (unpaired) electrons. The average Bonchev–Trinajstić information content (AvgIpc) is 2.56. The van der Waals surface area contributed by atoms with Crippen molar-refractivity contribution >= 4 is 17.7 Å². The highest BCUT2D eigenvalue weighted by Gasteiger charge is 2.54. The van der Waals surface area contributed by atoms with E-state index in [-0.39, 0.29) is 11.7 Å². The molecule has 0 aliphatic carbocycles. The smallest absolute Gasteiger partial charge is 0.371 e. The number of carboxylic acid groups (broad SMARTS) is 1. The predicted molar refractivity (Wildman–Crippen MR) is 91.4 cm³/mol. The fraction of sp³-hybridized carbons (Fsp3) is 0.722. The van der Waals surface area contributed by atoms with Gasteiger partial charge in [0.2, 0.25) is 5.76 Å². The number of rotatable bonds is 7. The second-order valence-electron chi connectivity index (χ2n) is 7.12. The van der Waals surface area contributed by atoms with Gasteiger partial charge >= 0.3 is 11.9 Å². The zero-order chi connectivity index (χ0) is 19.6. The number of ether oxygens (including phenoxy) is 1. The summed E-state index contributed by atoms with van der Waals surface area (Å²) in [4.78, 5) is 41.3. The van der Waals surface area contributed by atoms with E-state index in [4.69, 9.17) is 14.7 Å². The highest BCUT2D eigenvalue weighted by molar-refractivity contribution is 5.88. The van der Waals surface area contributed by atoms with E-state index in [9.17, 15) is 14.4 Å². The number of hydrogen-bond donors (Lipinski definition) is 1. The van der Waals surface area contributed by atoms with E-state index in [1.54, 1.807) is 5.06 Å². The lowest BCUT2D eigenvalue weighted by Gasteiger charge is -2.56. The number of nitrogens with zero attached hydrogens (tertiary/aromatic N) is 1. The minimum absolute atomic E-state index is 0.169. The van der Waals surface area contributed by atoms with Gasteiger partial charge in [-0.1, -0.05) is 20.8 Å². The van der Waals surface area contributed by atoms with Crippen molar-refractivity contribution in [3.8, 4) is 0 Å². The summed E-state index contributed by atoms with van der Waals surface area (Å²) in [6.45, 7) is 14.3. The topological polar surface area (TPSA) is 93.1 Å². The third kappa shape index (κ3) is 4.10. The number of carboxylic acids is 1. The Morgan fingerprint density at radius 3 is 2.36 bits per heavy atom. The zero-order valence-electron chi connectivity index (χ0n) is 15.9. The van der Waals surface area contributed by atoms with Crippen molar-refractivity contribution in [1.29, 1.82) is 0 Å². The third-order valence-corrected chi connectivity index (χ3v) is 5.46. The summed E-state index contributed by atoms with van der Waals surface area (Å²) in [5, 5.41) is 10.5. The monoisotopic (exact) mass is 355 g/mol. The third-order valence-electron chi connectivity index (χ3n) is 5.46. The van der Waals surface area contributed by atoms with E-state index in [2.05, 4.69) is 6.58 Å². The maximum atomic E-state index is 12.5. The highest BCUT2D eigenvalue weighted by atomic mass is 16.7. The summed E-state index contributed by atoms with van der Waals surface area (Å²) in [7, 11) is 0. The molecule has 1 heterocycles. The van der Waals surface area contributed by atoms with Crippen LogP contribution in [0.3, 0.4) is 0 Å². The molecule has 1 aliphatic heterocycles. The van der Waals surface area contributed by atoms with Crippen LogP contribution in [0.5, 0.6) is 0 Å². The molecule has 7 nitrogen and oxygen atoms in total. The van der Waals surface area contributed by atoms with Crippen LogP contribution in [-0.4, -0.2) is 45.1 Å². The van der Waals surface area contributed by atoms with Crippen LogP contribution < -0.4 is 0 Å². The number of aliphatic carboxylic acids is 1. The van der Waals surface area contributed by atoms with E-state index in [1.807, 2.05) is 34.6 Å². The van der Waals surface area contributed by atoms with Gasteiger partial charge in [-0.05, 0) is 40.2 Å². The molecule has 7 heteroatoms. The van der Waals surface area contributed by atoms with E-state index in [0.717, 1.165) is 0 Å². The SMILES string of the molecule is C=C(OC(=O)C(C)ON1C(C)(CC)CC(=O)C(C)C1(C)CC)C(=O)O. The van der Waals surface area contributed by atoms with Crippen LogP contribution in [0.2, 0.25) is 0 Å². The van der Waals surface area contributed by atoms with E-state index in [1.165, 1.54) is 6.92 Å². The maximum absolute atomic E-state index is 12.5. The molecule has 1 fully saturated rings. The van der Waals surface area contributed by atoms with Crippen molar-refractivity contribution < 1.29 is 29.1 Å². The first-order chi connectivity index (χ1) is 11.4. The first-order valence-electron chi connectivity index (χ1n) is 8.56. The predicted octanol–water partition coefficient (Wildman–Crippen LogP) is 2.70. The molecule has 0 bridgehead atoms. The van der Waals surface area contributed by atoms with E-state index < -0.39 is 34.9 Å². The molecule has 1 aliphatic rings. The lowest BCUT2D eigenvalue weighted by atomic mass is 9.70. The highest BCUT2D eigenvalue weighted by Crippen LogP contribution is 2.44. The van der Waals surface area contributed by atoms with Gasteiger partial charge in [-0.2, -0.15) is 5.06 Å². The van der Waals surface area contributed by atoms with E-state index in [0.29, 0.717) is 19.3 Å². The molecule has 0 amide bonds. The number of piperidine rings is 1. The minimum Gasteiger partial charge on any atom is -0.475 e. The Kier molecular flexibility index (Phi) is 6.53. The summed E-state index contributed by atoms with van der Waals surface area (Å²) in [6, 6.07) is 0. The maximum Gasteiger partial charge on any atom is 0.371 e. The Morgan fingerprint density at radius 1 is 1.36 bits per heavy atom. The van der Waals surface area contributed by atoms with Crippen LogP contribution in [0.25, 0.3) is 0 Å². The Hall–Kier alpha value is -1.73. The molecule has 0 aromatic rings. The fourth-order valence-corrected chi connectivity index (χ4v) is 3.15. The second-order valence-corrected chi connectivity index (χ2v) is 7.12. The number of hydrogen-bond acceptors (Lipinski definition) is 6. The van der Waals surface area contributed by atoms with Crippen LogP contribution >= 0.6 is 0 Å². The van der Waals surface area contributed by atoms with Gasteiger partial charge in [-0.25, -0.2) is 9.59 Å². The molecule has 1 rings (SSSR count). The number of carbonyl (C=O) groups is 3. The summed E-state index contributed by atoms with van der Waals surface area (Å²) in [5.41, 5.74) is -1.15. The Bertz CT molecular complexity index is 574. The van der Waals surface area contributed by atoms with Crippen molar-refractivity contribution in [2.45, 2.75) is 78.0 Å². The minimum atomic E-state index is -1.41. The van der Waals surface area contributed by atoms with Gasteiger partial charge in [0.05, 0.1) is 11.1 Å². The van der Waals surface area contributed by atoms with Gasteiger partial charge in [0, 0.05) is 12.3 Å². The second kappa shape index (κ2) is 7.66. The molecule has 142 valence electrons. The molecule has 4 atom stereocenters. The molecule has 1 saturated heterocycles. The molecule has 0 saturated carbocycles. The average molecular weight is 355 g/mol. The molecule has 4 unspecified atom stereocenters. The molecule has 1 N–H and O–H groups in total. The molecule has 25 heavy (non-hydrogen) atoms. The first-order valence-corrected chi connectivity index (χ1v) is 8.56. The Balaban J connectivity index is 3.08. The van der Waals surface area contributed by atoms with Crippen LogP contribution in [0.4, 0.5) is 0 Å². The molecular formula is C18H29NO6. The van der Waals surface area contributed by atoms with Crippen molar-refractivity contribution in [1.82, 2.24) is 5.06 Å². The van der Waals surface area contributed by atoms with Crippen LogP contribution in [-0.2, 0) is 24.0 Å². The first kappa shape index (κ1) is 21.3. The van der Waals surface area contributed by atoms with Gasteiger partial charge < -0.3 is 9.84 Å². The molecule has 0 aromatic heterocycles. The Labute approximate surface area is 148 Å². The zero-order valence-corrected chi connectivity index (χ0v) is 15.9. The summed E-state index contributed by atoms with van der Waals surface area (Å²) in [6.07, 6.45) is 0.599. The lowest BCUT2D eigenvalue weighted by Crippen LogP contribution is -2.67. The van der Waals surface area contributed by atoms with Crippen molar-refractivity contribution in [2.24, 2.45) is 5.92 Å². The van der Waals surface area contributed by atoms with Crippen molar-refractivity contribution in [3.05, 3.63) is 12.3 Å². The van der Waals surface area contributed by atoms with Gasteiger partial charge in [-0.3, -0.25) is 9.63 Å². The fourth-order valence-electron chi connectivity index (χ4n) is 3.15. The lowest BCUT2D eigenvalue weighted by molar-refractivity contribution is -0.310. The number of carbonyl (C=O) groups excluding carboxylic acids is 2. The number of ketones is 1. The standard InChI is InChI=1S/C18H29NO6/c1-8-17(6)10-14(20)11(3)18(7,9-2)19(17)25-13(5)16(23)24-12(4)15(21)22/h11,13H,4,8-10H2,1-3,5-7H3,(H,21,22). The molecule has 0 aromatic carbocycles. The van der Waals surface area contributed by atoms with Gasteiger partial charge in [-0.15, -0.1) is 0 Å². The Morgan fingerprint density at radius 2 is 1.92 bits per heavy atom. The van der Waals surface area contributed by atoms with Crippen molar-refractivity contribution in [2.75, 3.05) is 0 Å². The summed E-state index contributed by atoms with van der Waals surface area (Å²) >= 11 is 0. The number of esters is 1. The van der Waals surface area contributed by atoms with Crippen LogP contribution in [0, 0.1) is 5.92 Å².